The Bertz CT molecular complexity index is 284. The van der Waals surface area contributed by atoms with E-state index in [4.69, 9.17) is 4.74 Å². The number of halogens is 1. The van der Waals surface area contributed by atoms with Gasteiger partial charge in [0.15, 0.2) is 0 Å². The highest BCUT2D eigenvalue weighted by molar-refractivity contribution is 9.10. The van der Waals surface area contributed by atoms with Crippen molar-refractivity contribution in [2.75, 3.05) is 6.61 Å². The van der Waals surface area contributed by atoms with Gasteiger partial charge < -0.3 is 4.74 Å². The molecule has 1 aromatic rings. The largest absolute Gasteiger partial charge is 0.463 e. The molecule has 0 saturated heterocycles. The van der Waals surface area contributed by atoms with Crippen LogP contribution in [0.3, 0.4) is 0 Å². The quantitative estimate of drug-likeness (QED) is 0.762. The Labute approximate surface area is 86.0 Å². The third-order valence-electron chi connectivity index (χ3n) is 1.36. The Morgan fingerprint density at radius 2 is 2.15 bits per heavy atom. The maximum Gasteiger partial charge on any atom is 0.316 e. The molecule has 70 valence electrons. The van der Waals surface area contributed by atoms with Crippen molar-refractivity contribution in [2.24, 2.45) is 0 Å². The third-order valence-corrected chi connectivity index (χ3v) is 1.77. The van der Waals surface area contributed by atoms with E-state index in [1.165, 1.54) is 0 Å². The van der Waals surface area contributed by atoms with E-state index in [9.17, 15) is 0 Å². The van der Waals surface area contributed by atoms with E-state index in [1.54, 1.807) is 12.4 Å². The summed E-state index contributed by atoms with van der Waals surface area (Å²) in [7, 11) is 0. The van der Waals surface area contributed by atoms with Gasteiger partial charge in [0.05, 0.1) is 11.1 Å². The molecule has 0 bridgehead atoms. The van der Waals surface area contributed by atoms with Crippen molar-refractivity contribution in [3.63, 3.8) is 0 Å². The van der Waals surface area contributed by atoms with Crippen molar-refractivity contribution in [2.45, 2.75) is 13.3 Å². The molecule has 1 aromatic heterocycles. The summed E-state index contributed by atoms with van der Waals surface area (Å²) in [5.74, 6) is 0. The number of nitrogens with zero attached hydrogens (tertiary/aromatic N) is 2. The minimum absolute atomic E-state index is 0.407. The molecule has 4 heteroatoms. The van der Waals surface area contributed by atoms with E-state index < -0.39 is 0 Å². The molecule has 0 spiro atoms. The van der Waals surface area contributed by atoms with E-state index in [1.807, 2.05) is 6.92 Å². The highest BCUT2D eigenvalue weighted by Crippen LogP contribution is 2.08. The first-order valence-electron chi connectivity index (χ1n) is 3.93. The zero-order valence-electron chi connectivity index (χ0n) is 7.46. The monoisotopic (exact) mass is 242 g/mol. The first kappa shape index (κ1) is 10.2. The highest BCUT2D eigenvalue weighted by Gasteiger charge is 1.96. The molecule has 1 heterocycles. The molecule has 0 aliphatic heterocycles. The first-order chi connectivity index (χ1) is 6.18. The van der Waals surface area contributed by atoms with Gasteiger partial charge in [-0.3, -0.25) is 0 Å². The van der Waals surface area contributed by atoms with Crippen LogP contribution in [-0.2, 0) is 0 Å². The zero-order chi connectivity index (χ0) is 9.68. The van der Waals surface area contributed by atoms with Crippen LogP contribution in [0.5, 0.6) is 6.01 Å². The molecule has 0 radical (unpaired) electrons. The van der Waals surface area contributed by atoms with Gasteiger partial charge in [-0.2, -0.15) is 0 Å². The van der Waals surface area contributed by atoms with Gasteiger partial charge in [-0.25, -0.2) is 9.97 Å². The molecule has 0 saturated carbocycles. The maximum absolute atomic E-state index is 5.27. The second-order valence-corrected chi connectivity index (χ2v) is 3.66. The van der Waals surface area contributed by atoms with E-state index in [0.717, 1.165) is 16.5 Å². The molecule has 0 atom stereocenters. The first-order valence-corrected chi connectivity index (χ1v) is 4.72. The Morgan fingerprint density at radius 1 is 1.54 bits per heavy atom. The van der Waals surface area contributed by atoms with E-state index in [2.05, 4.69) is 32.5 Å². The van der Waals surface area contributed by atoms with Crippen LogP contribution in [-0.4, -0.2) is 16.6 Å². The maximum atomic E-state index is 5.27. The third kappa shape index (κ3) is 4.03. The summed E-state index contributed by atoms with van der Waals surface area (Å²) in [4.78, 5) is 7.93. The van der Waals surface area contributed by atoms with Gasteiger partial charge in [0.25, 0.3) is 0 Å². The molecular formula is C9H11BrN2O. The van der Waals surface area contributed by atoms with Crippen molar-refractivity contribution in [3.05, 3.63) is 29.0 Å². The summed E-state index contributed by atoms with van der Waals surface area (Å²) in [6, 6.07) is 0.407. The lowest BCUT2D eigenvalue weighted by Gasteiger charge is -2.02. The van der Waals surface area contributed by atoms with E-state index >= 15 is 0 Å². The van der Waals surface area contributed by atoms with Crippen molar-refractivity contribution in [3.8, 4) is 6.01 Å². The van der Waals surface area contributed by atoms with Crippen LogP contribution in [0.2, 0.25) is 0 Å². The van der Waals surface area contributed by atoms with E-state index in [-0.39, 0.29) is 0 Å². The van der Waals surface area contributed by atoms with Gasteiger partial charge in [0, 0.05) is 18.8 Å². The SMILES string of the molecule is C=C(C)CCOc1ncc(Br)cn1. The summed E-state index contributed by atoms with van der Waals surface area (Å²) in [6.07, 6.45) is 4.14. The minimum Gasteiger partial charge on any atom is -0.463 e. The fourth-order valence-electron chi connectivity index (χ4n) is 0.692. The standard InChI is InChI=1S/C9H11BrN2O/c1-7(2)3-4-13-9-11-5-8(10)6-12-9/h5-6H,1,3-4H2,2H3. The fraction of sp³-hybridized carbons (Fsp3) is 0.333. The van der Waals surface area contributed by atoms with Gasteiger partial charge in [-0.1, -0.05) is 5.57 Å². The second kappa shape index (κ2) is 4.97. The van der Waals surface area contributed by atoms with Crippen molar-refractivity contribution < 1.29 is 4.74 Å². The van der Waals surface area contributed by atoms with Gasteiger partial charge in [-0.15, -0.1) is 6.58 Å². The molecule has 0 aliphatic carbocycles. The lowest BCUT2D eigenvalue weighted by molar-refractivity contribution is 0.296. The van der Waals surface area contributed by atoms with Gasteiger partial charge in [0.1, 0.15) is 0 Å². The van der Waals surface area contributed by atoms with Crippen molar-refractivity contribution in [1.29, 1.82) is 0 Å². The Hall–Kier alpha value is -0.900. The summed E-state index contributed by atoms with van der Waals surface area (Å²) in [5, 5.41) is 0. The molecule has 0 aromatic carbocycles. The van der Waals surface area contributed by atoms with Crippen molar-refractivity contribution in [1.82, 2.24) is 9.97 Å². The fourth-order valence-corrected chi connectivity index (χ4v) is 0.896. The molecule has 0 amide bonds. The molecule has 3 nitrogen and oxygen atoms in total. The van der Waals surface area contributed by atoms with Crippen LogP contribution in [0.25, 0.3) is 0 Å². The van der Waals surface area contributed by atoms with E-state index in [0.29, 0.717) is 12.6 Å². The number of aromatic nitrogens is 2. The van der Waals surface area contributed by atoms with Gasteiger partial charge in [-0.05, 0) is 22.9 Å². The molecule has 0 aliphatic rings. The van der Waals surface area contributed by atoms with Crippen LogP contribution >= 0.6 is 15.9 Å². The number of ether oxygens (including phenoxy) is 1. The molecule has 0 N–H and O–H groups in total. The van der Waals surface area contributed by atoms with Crippen LogP contribution in [0.15, 0.2) is 29.0 Å². The average Bonchev–Trinajstić information content (AvgIpc) is 2.08. The minimum atomic E-state index is 0.407. The molecule has 0 unspecified atom stereocenters. The topological polar surface area (TPSA) is 35.0 Å². The predicted octanol–water partition coefficient (Wildman–Crippen LogP) is 2.58. The molecule has 1 rings (SSSR count). The normalized spacial score (nSPS) is 9.69. The molecule has 13 heavy (non-hydrogen) atoms. The average molecular weight is 243 g/mol. The second-order valence-electron chi connectivity index (χ2n) is 2.74. The number of hydrogen-bond acceptors (Lipinski definition) is 3. The zero-order valence-corrected chi connectivity index (χ0v) is 9.04. The highest BCUT2D eigenvalue weighted by atomic mass is 79.9. The van der Waals surface area contributed by atoms with Gasteiger partial charge >= 0.3 is 6.01 Å². The Balaban J connectivity index is 2.37. The number of rotatable bonds is 4. The summed E-state index contributed by atoms with van der Waals surface area (Å²) >= 11 is 3.24. The lowest BCUT2D eigenvalue weighted by Crippen LogP contribution is -2.00. The van der Waals surface area contributed by atoms with Crippen molar-refractivity contribution >= 4 is 15.9 Å². The predicted molar refractivity (Wildman–Crippen MR) is 54.7 cm³/mol. The molecule has 0 fully saturated rings. The van der Waals surface area contributed by atoms with Crippen LogP contribution in [0.1, 0.15) is 13.3 Å². The van der Waals surface area contributed by atoms with Crippen LogP contribution < -0.4 is 4.74 Å². The Kier molecular flexibility index (Phi) is 3.89. The Morgan fingerprint density at radius 3 is 2.69 bits per heavy atom. The summed E-state index contributed by atoms with van der Waals surface area (Å²) in [6.45, 7) is 6.32. The van der Waals surface area contributed by atoms with Gasteiger partial charge in [0.2, 0.25) is 0 Å². The van der Waals surface area contributed by atoms with Crippen LogP contribution in [0, 0.1) is 0 Å². The smallest absolute Gasteiger partial charge is 0.316 e. The summed E-state index contributed by atoms with van der Waals surface area (Å²) < 4.78 is 6.11. The van der Waals surface area contributed by atoms with Crippen LogP contribution in [0.4, 0.5) is 0 Å². The lowest BCUT2D eigenvalue weighted by atomic mass is 10.3. The molecular weight excluding hydrogens is 232 g/mol. The number of hydrogen-bond donors (Lipinski definition) is 0. The summed E-state index contributed by atoms with van der Waals surface area (Å²) in [5.41, 5.74) is 1.09.